The molecular formula is C19H22N2O3S. The van der Waals surface area contributed by atoms with Crippen LogP contribution in [-0.2, 0) is 6.42 Å². The van der Waals surface area contributed by atoms with Gasteiger partial charge in [-0.2, -0.15) is 11.8 Å². The van der Waals surface area contributed by atoms with Crippen molar-refractivity contribution in [3.05, 3.63) is 53.7 Å². The van der Waals surface area contributed by atoms with Crippen LogP contribution in [0.4, 0.5) is 0 Å². The molecule has 132 valence electrons. The zero-order valence-electron chi connectivity index (χ0n) is 14.2. The molecule has 5 nitrogen and oxygen atoms in total. The number of aromatic nitrogens is 1. The van der Waals surface area contributed by atoms with E-state index in [9.17, 15) is 4.79 Å². The van der Waals surface area contributed by atoms with Crippen molar-refractivity contribution in [3.63, 3.8) is 0 Å². The lowest BCUT2D eigenvalue weighted by Gasteiger charge is -2.14. The largest absolute Gasteiger partial charge is 0.496 e. The van der Waals surface area contributed by atoms with E-state index >= 15 is 0 Å². The molecule has 0 saturated carbocycles. The Morgan fingerprint density at radius 3 is 3.00 bits per heavy atom. The number of carbonyl (C=O) groups is 1. The molecule has 2 heterocycles. The number of para-hydroxylation sites is 1. The minimum atomic E-state index is -0.163. The maximum atomic E-state index is 12.5. The molecule has 2 aromatic rings. The first kappa shape index (κ1) is 17.6. The summed E-state index contributed by atoms with van der Waals surface area (Å²) in [6.07, 6.45) is 3.49. The zero-order chi connectivity index (χ0) is 17.5. The SMILES string of the molecule is COc1ccccc1CCNC(=O)c1cccnc1OC1CCSC1. The Labute approximate surface area is 152 Å². The lowest BCUT2D eigenvalue weighted by atomic mass is 10.1. The second-order valence-corrected chi connectivity index (χ2v) is 6.93. The van der Waals surface area contributed by atoms with Gasteiger partial charge in [-0.3, -0.25) is 4.79 Å². The number of hydrogen-bond donors (Lipinski definition) is 1. The van der Waals surface area contributed by atoms with Crippen molar-refractivity contribution in [3.8, 4) is 11.6 Å². The number of carbonyl (C=O) groups excluding carboxylic acids is 1. The van der Waals surface area contributed by atoms with Crippen molar-refractivity contribution < 1.29 is 14.3 Å². The topological polar surface area (TPSA) is 60.5 Å². The molecule has 1 aromatic carbocycles. The van der Waals surface area contributed by atoms with Crippen LogP contribution in [0.15, 0.2) is 42.6 Å². The number of amides is 1. The number of pyridine rings is 1. The quantitative estimate of drug-likeness (QED) is 0.825. The molecule has 0 spiro atoms. The second kappa shape index (κ2) is 8.76. The molecule has 1 fully saturated rings. The van der Waals surface area contributed by atoms with Gasteiger partial charge in [0.15, 0.2) is 0 Å². The molecule has 3 rings (SSSR count). The Bertz CT molecular complexity index is 717. The minimum Gasteiger partial charge on any atom is -0.496 e. The van der Waals surface area contributed by atoms with Gasteiger partial charge in [0.25, 0.3) is 5.91 Å². The highest BCUT2D eigenvalue weighted by molar-refractivity contribution is 7.99. The zero-order valence-corrected chi connectivity index (χ0v) is 15.1. The molecule has 6 heteroatoms. The highest BCUT2D eigenvalue weighted by Crippen LogP contribution is 2.24. The predicted molar refractivity (Wildman–Crippen MR) is 99.6 cm³/mol. The first-order valence-corrected chi connectivity index (χ1v) is 9.53. The summed E-state index contributed by atoms with van der Waals surface area (Å²) in [6, 6.07) is 11.3. The normalized spacial score (nSPS) is 16.4. The van der Waals surface area contributed by atoms with Gasteiger partial charge in [-0.05, 0) is 42.4 Å². The fourth-order valence-electron chi connectivity index (χ4n) is 2.74. The Hall–Kier alpha value is -2.21. The van der Waals surface area contributed by atoms with Crippen molar-refractivity contribution >= 4 is 17.7 Å². The van der Waals surface area contributed by atoms with Crippen molar-refractivity contribution in [2.24, 2.45) is 0 Å². The molecule has 1 aromatic heterocycles. The lowest BCUT2D eigenvalue weighted by molar-refractivity contribution is 0.0946. The van der Waals surface area contributed by atoms with Crippen molar-refractivity contribution in [2.75, 3.05) is 25.2 Å². The number of nitrogens with zero attached hydrogens (tertiary/aromatic N) is 1. The van der Waals surface area contributed by atoms with Crippen molar-refractivity contribution in [2.45, 2.75) is 18.9 Å². The van der Waals surface area contributed by atoms with Gasteiger partial charge in [0, 0.05) is 18.5 Å². The summed E-state index contributed by atoms with van der Waals surface area (Å²) in [5, 5.41) is 2.94. The molecule has 1 N–H and O–H groups in total. The van der Waals surface area contributed by atoms with Crippen molar-refractivity contribution in [1.29, 1.82) is 0 Å². The van der Waals surface area contributed by atoms with Crippen LogP contribution in [0, 0.1) is 0 Å². The van der Waals surface area contributed by atoms with E-state index in [1.807, 2.05) is 36.0 Å². The van der Waals surface area contributed by atoms with E-state index in [4.69, 9.17) is 9.47 Å². The summed E-state index contributed by atoms with van der Waals surface area (Å²) in [7, 11) is 1.65. The number of ether oxygens (including phenoxy) is 2. The van der Waals surface area contributed by atoms with Gasteiger partial charge in [0.05, 0.1) is 7.11 Å². The molecule has 1 saturated heterocycles. The number of benzene rings is 1. The highest BCUT2D eigenvalue weighted by atomic mass is 32.2. The van der Waals surface area contributed by atoms with Crippen LogP contribution >= 0.6 is 11.8 Å². The average Bonchev–Trinajstić information content (AvgIpc) is 3.15. The number of methoxy groups -OCH3 is 1. The average molecular weight is 358 g/mol. The lowest BCUT2D eigenvalue weighted by Crippen LogP contribution is -2.27. The monoisotopic (exact) mass is 358 g/mol. The standard InChI is InChI=1S/C19H22N2O3S/c1-23-17-7-3-2-5-14(17)8-11-20-18(22)16-6-4-10-21-19(16)24-15-9-12-25-13-15/h2-7,10,15H,8-9,11-13H2,1H3,(H,20,22). The summed E-state index contributed by atoms with van der Waals surface area (Å²) in [6.45, 7) is 0.521. The third-order valence-corrected chi connectivity index (χ3v) is 5.19. The molecule has 0 bridgehead atoms. The number of rotatable bonds is 7. The molecule has 1 atom stereocenters. The maximum absolute atomic E-state index is 12.5. The molecule has 1 unspecified atom stereocenters. The summed E-state index contributed by atoms with van der Waals surface area (Å²) >= 11 is 1.87. The molecule has 0 radical (unpaired) electrons. The van der Waals surface area contributed by atoms with Crippen LogP contribution in [0.1, 0.15) is 22.3 Å². The van der Waals surface area contributed by atoms with E-state index in [-0.39, 0.29) is 12.0 Å². The van der Waals surface area contributed by atoms with Gasteiger partial charge in [-0.1, -0.05) is 18.2 Å². The smallest absolute Gasteiger partial charge is 0.256 e. The third kappa shape index (κ3) is 4.66. The van der Waals surface area contributed by atoms with E-state index in [0.717, 1.165) is 29.2 Å². The first-order chi connectivity index (χ1) is 12.3. The minimum absolute atomic E-state index is 0.139. The fourth-order valence-corrected chi connectivity index (χ4v) is 3.83. The number of thioether (sulfide) groups is 1. The van der Waals surface area contributed by atoms with Gasteiger partial charge in [0.1, 0.15) is 17.4 Å². The van der Waals surface area contributed by atoms with Crippen LogP contribution in [0.25, 0.3) is 0 Å². The summed E-state index contributed by atoms with van der Waals surface area (Å²) in [5.74, 6) is 3.14. The summed E-state index contributed by atoms with van der Waals surface area (Å²) in [4.78, 5) is 16.8. The maximum Gasteiger partial charge on any atom is 0.256 e. The van der Waals surface area contributed by atoms with Gasteiger partial charge in [-0.25, -0.2) is 4.98 Å². The van der Waals surface area contributed by atoms with E-state index in [2.05, 4.69) is 10.3 Å². The van der Waals surface area contributed by atoms with E-state index in [1.54, 1.807) is 25.4 Å². The van der Waals surface area contributed by atoms with Crippen LogP contribution < -0.4 is 14.8 Å². The highest BCUT2D eigenvalue weighted by Gasteiger charge is 2.21. The Morgan fingerprint density at radius 1 is 1.32 bits per heavy atom. The predicted octanol–water partition coefficient (Wildman–Crippen LogP) is 2.95. The molecule has 1 aliphatic heterocycles. The van der Waals surface area contributed by atoms with Crippen LogP contribution in [0.5, 0.6) is 11.6 Å². The first-order valence-electron chi connectivity index (χ1n) is 8.37. The van der Waals surface area contributed by atoms with Gasteiger partial charge in [-0.15, -0.1) is 0 Å². The van der Waals surface area contributed by atoms with E-state index in [1.165, 1.54) is 0 Å². The summed E-state index contributed by atoms with van der Waals surface area (Å²) in [5.41, 5.74) is 1.55. The molecular weight excluding hydrogens is 336 g/mol. The van der Waals surface area contributed by atoms with Crippen LogP contribution in [0.3, 0.4) is 0 Å². The number of hydrogen-bond acceptors (Lipinski definition) is 5. The fraction of sp³-hybridized carbons (Fsp3) is 0.368. The van der Waals surface area contributed by atoms with Gasteiger partial charge in [0.2, 0.25) is 5.88 Å². The Balaban J connectivity index is 1.59. The Morgan fingerprint density at radius 2 is 2.20 bits per heavy atom. The number of nitrogens with one attached hydrogen (secondary N) is 1. The van der Waals surface area contributed by atoms with Crippen LogP contribution in [0.2, 0.25) is 0 Å². The van der Waals surface area contributed by atoms with Crippen LogP contribution in [-0.4, -0.2) is 42.2 Å². The molecule has 25 heavy (non-hydrogen) atoms. The third-order valence-electron chi connectivity index (χ3n) is 4.05. The van der Waals surface area contributed by atoms with E-state index in [0.29, 0.717) is 24.4 Å². The second-order valence-electron chi connectivity index (χ2n) is 5.78. The van der Waals surface area contributed by atoms with Crippen molar-refractivity contribution in [1.82, 2.24) is 10.3 Å². The van der Waals surface area contributed by atoms with Gasteiger partial charge >= 0.3 is 0 Å². The molecule has 0 aliphatic carbocycles. The van der Waals surface area contributed by atoms with Gasteiger partial charge < -0.3 is 14.8 Å². The molecule has 1 amide bonds. The summed E-state index contributed by atoms with van der Waals surface area (Å²) < 4.78 is 11.3. The molecule has 1 aliphatic rings. The Kier molecular flexibility index (Phi) is 6.17. The van der Waals surface area contributed by atoms with E-state index < -0.39 is 0 Å².